The highest BCUT2D eigenvalue weighted by Crippen LogP contribution is 2.27. The number of nitrogens with zero attached hydrogens (tertiary/aromatic N) is 2. The molecule has 0 amide bonds. The molecule has 1 heterocycles. The summed E-state index contributed by atoms with van der Waals surface area (Å²) in [6.45, 7) is 4.06. The molecule has 0 N–H and O–H groups in total. The van der Waals surface area contributed by atoms with E-state index in [0.29, 0.717) is 0 Å². The van der Waals surface area contributed by atoms with Gasteiger partial charge in [-0.2, -0.15) is 0 Å². The molecule has 24 heavy (non-hydrogen) atoms. The number of halogens is 1. The average Bonchev–Trinajstić information content (AvgIpc) is 3.00. The maximum absolute atomic E-state index is 13.6. The van der Waals surface area contributed by atoms with Crippen molar-refractivity contribution in [2.45, 2.75) is 13.8 Å². The van der Waals surface area contributed by atoms with Gasteiger partial charge in [0.15, 0.2) is 0 Å². The Kier molecular flexibility index (Phi) is 3.42. The fourth-order valence-electron chi connectivity index (χ4n) is 3.06. The second kappa shape index (κ2) is 5.60. The second-order valence-corrected chi connectivity index (χ2v) is 6.12. The fraction of sp³-hybridized carbons (Fsp3) is 0.0952. The van der Waals surface area contributed by atoms with Gasteiger partial charge in [0.25, 0.3) is 0 Å². The monoisotopic (exact) mass is 316 g/mol. The number of fused-ring (bicyclic) bond motifs is 1. The molecule has 3 aromatic carbocycles. The Morgan fingerprint density at radius 1 is 0.917 bits per heavy atom. The Hall–Kier alpha value is -2.94. The van der Waals surface area contributed by atoms with Gasteiger partial charge in [-0.05, 0) is 72.5 Å². The predicted molar refractivity (Wildman–Crippen MR) is 95.9 cm³/mol. The molecule has 0 aliphatic rings. The maximum atomic E-state index is 13.6. The van der Waals surface area contributed by atoms with Gasteiger partial charge in [0, 0.05) is 5.69 Å². The molecule has 2 nitrogen and oxygen atoms in total. The van der Waals surface area contributed by atoms with E-state index in [-0.39, 0.29) is 5.82 Å². The SMILES string of the molecule is Cc1ccc2c(c1)ncn2-c1cccc(-c2cc(F)ccc2C)c1. The number of benzene rings is 3. The molecule has 0 aliphatic carbocycles. The van der Waals surface area contributed by atoms with Crippen LogP contribution in [-0.2, 0) is 0 Å². The third-order valence-corrected chi connectivity index (χ3v) is 4.34. The van der Waals surface area contributed by atoms with Gasteiger partial charge in [-0.15, -0.1) is 0 Å². The first-order valence-electron chi connectivity index (χ1n) is 7.92. The number of rotatable bonds is 2. The standard InChI is InChI=1S/C21H17FN2/c1-14-6-9-21-20(10-14)23-13-24(21)18-5-3-4-16(11-18)19-12-17(22)8-7-15(19)2/h3-13H,1-2H3. The van der Waals surface area contributed by atoms with Crippen LogP contribution in [0.25, 0.3) is 27.8 Å². The minimum atomic E-state index is -0.218. The lowest BCUT2D eigenvalue weighted by Crippen LogP contribution is -1.93. The molecule has 0 saturated carbocycles. The molecule has 0 atom stereocenters. The summed E-state index contributed by atoms with van der Waals surface area (Å²) in [5.41, 5.74) is 7.21. The van der Waals surface area contributed by atoms with Crippen molar-refractivity contribution in [2.75, 3.05) is 0 Å². The number of hydrogen-bond donors (Lipinski definition) is 0. The predicted octanol–water partition coefficient (Wildman–Crippen LogP) is 5.45. The summed E-state index contributed by atoms with van der Waals surface area (Å²) in [7, 11) is 0. The summed E-state index contributed by atoms with van der Waals surface area (Å²) in [5.74, 6) is -0.218. The maximum Gasteiger partial charge on any atom is 0.123 e. The van der Waals surface area contributed by atoms with Crippen molar-refractivity contribution in [3.63, 3.8) is 0 Å². The zero-order valence-electron chi connectivity index (χ0n) is 13.6. The Morgan fingerprint density at radius 3 is 2.67 bits per heavy atom. The Labute approximate surface area is 140 Å². The van der Waals surface area contributed by atoms with Gasteiger partial charge in [0.05, 0.1) is 11.0 Å². The lowest BCUT2D eigenvalue weighted by atomic mass is 10.00. The third kappa shape index (κ3) is 2.48. The van der Waals surface area contributed by atoms with E-state index in [9.17, 15) is 4.39 Å². The molecule has 0 spiro atoms. The van der Waals surface area contributed by atoms with E-state index >= 15 is 0 Å². The average molecular weight is 316 g/mol. The first kappa shape index (κ1) is 14.6. The van der Waals surface area contributed by atoms with E-state index in [4.69, 9.17) is 0 Å². The van der Waals surface area contributed by atoms with Crippen LogP contribution in [0.1, 0.15) is 11.1 Å². The van der Waals surface area contributed by atoms with Crippen molar-refractivity contribution in [1.82, 2.24) is 9.55 Å². The molecule has 0 radical (unpaired) electrons. The molecule has 4 rings (SSSR count). The first-order chi connectivity index (χ1) is 11.6. The van der Waals surface area contributed by atoms with E-state index in [1.807, 2.05) is 37.5 Å². The van der Waals surface area contributed by atoms with Gasteiger partial charge in [-0.1, -0.05) is 24.3 Å². The molecule has 0 aliphatic heterocycles. The highest BCUT2D eigenvalue weighted by molar-refractivity contribution is 5.79. The van der Waals surface area contributed by atoms with Crippen LogP contribution < -0.4 is 0 Å². The molecule has 0 bridgehead atoms. The first-order valence-corrected chi connectivity index (χ1v) is 7.92. The zero-order chi connectivity index (χ0) is 16.7. The quantitative estimate of drug-likeness (QED) is 0.481. The van der Waals surface area contributed by atoms with Crippen LogP contribution in [0.3, 0.4) is 0 Å². The van der Waals surface area contributed by atoms with Gasteiger partial charge in [0.1, 0.15) is 12.1 Å². The smallest absolute Gasteiger partial charge is 0.123 e. The Morgan fingerprint density at radius 2 is 1.79 bits per heavy atom. The summed E-state index contributed by atoms with van der Waals surface area (Å²) < 4.78 is 15.7. The molecule has 0 saturated heterocycles. The number of aromatic nitrogens is 2. The van der Waals surface area contributed by atoms with Crippen LogP contribution in [0, 0.1) is 19.7 Å². The van der Waals surface area contributed by atoms with Gasteiger partial charge in [-0.25, -0.2) is 9.37 Å². The van der Waals surface area contributed by atoms with Crippen LogP contribution in [0.15, 0.2) is 67.0 Å². The third-order valence-electron chi connectivity index (χ3n) is 4.34. The Balaban J connectivity index is 1.86. The van der Waals surface area contributed by atoms with Crippen molar-refractivity contribution in [3.8, 4) is 16.8 Å². The molecular formula is C21H17FN2. The molecule has 3 heteroatoms. The highest BCUT2D eigenvalue weighted by atomic mass is 19.1. The van der Waals surface area contributed by atoms with Gasteiger partial charge in [-0.3, -0.25) is 4.57 Å². The van der Waals surface area contributed by atoms with E-state index < -0.39 is 0 Å². The van der Waals surface area contributed by atoms with Gasteiger partial charge in [0.2, 0.25) is 0 Å². The second-order valence-electron chi connectivity index (χ2n) is 6.12. The minimum Gasteiger partial charge on any atom is -0.299 e. The Bertz CT molecular complexity index is 1050. The van der Waals surface area contributed by atoms with Crippen molar-refractivity contribution < 1.29 is 4.39 Å². The summed E-state index contributed by atoms with van der Waals surface area (Å²) >= 11 is 0. The summed E-state index contributed by atoms with van der Waals surface area (Å²) in [5, 5.41) is 0. The van der Waals surface area contributed by atoms with Crippen molar-refractivity contribution in [3.05, 3.63) is 83.9 Å². The van der Waals surface area contributed by atoms with Gasteiger partial charge < -0.3 is 0 Å². The van der Waals surface area contributed by atoms with E-state index in [2.05, 4.69) is 40.7 Å². The number of imidazole rings is 1. The van der Waals surface area contributed by atoms with Crippen LogP contribution in [-0.4, -0.2) is 9.55 Å². The largest absolute Gasteiger partial charge is 0.299 e. The van der Waals surface area contributed by atoms with E-state index in [1.165, 1.54) is 11.6 Å². The number of hydrogen-bond acceptors (Lipinski definition) is 1. The van der Waals surface area contributed by atoms with E-state index in [1.54, 1.807) is 6.07 Å². The molecule has 0 unspecified atom stereocenters. The summed E-state index contributed by atoms with van der Waals surface area (Å²) in [4.78, 5) is 4.49. The molecule has 1 aromatic heterocycles. The molecular weight excluding hydrogens is 299 g/mol. The van der Waals surface area contributed by atoms with Crippen LogP contribution in [0.2, 0.25) is 0 Å². The highest BCUT2D eigenvalue weighted by Gasteiger charge is 2.08. The normalized spacial score (nSPS) is 11.1. The molecule has 118 valence electrons. The molecule has 0 fully saturated rings. The lowest BCUT2D eigenvalue weighted by molar-refractivity contribution is 0.628. The topological polar surface area (TPSA) is 17.8 Å². The van der Waals surface area contributed by atoms with Crippen molar-refractivity contribution in [1.29, 1.82) is 0 Å². The molecule has 4 aromatic rings. The zero-order valence-corrected chi connectivity index (χ0v) is 13.6. The van der Waals surface area contributed by atoms with Crippen LogP contribution >= 0.6 is 0 Å². The van der Waals surface area contributed by atoms with Crippen molar-refractivity contribution in [2.24, 2.45) is 0 Å². The van der Waals surface area contributed by atoms with Crippen LogP contribution in [0.5, 0.6) is 0 Å². The fourth-order valence-corrected chi connectivity index (χ4v) is 3.06. The lowest BCUT2D eigenvalue weighted by Gasteiger charge is -2.10. The summed E-state index contributed by atoms with van der Waals surface area (Å²) in [6, 6.07) is 19.3. The van der Waals surface area contributed by atoms with Gasteiger partial charge >= 0.3 is 0 Å². The van der Waals surface area contributed by atoms with E-state index in [0.717, 1.165) is 33.4 Å². The summed E-state index contributed by atoms with van der Waals surface area (Å²) in [6.07, 6.45) is 1.83. The number of aryl methyl sites for hydroxylation is 2. The minimum absolute atomic E-state index is 0.218. The van der Waals surface area contributed by atoms with Crippen molar-refractivity contribution >= 4 is 11.0 Å². The van der Waals surface area contributed by atoms with Crippen LogP contribution in [0.4, 0.5) is 4.39 Å².